The van der Waals surface area contributed by atoms with Gasteiger partial charge in [0.1, 0.15) is 11.2 Å². The van der Waals surface area contributed by atoms with E-state index in [0.29, 0.717) is 13.0 Å². The summed E-state index contributed by atoms with van der Waals surface area (Å²) in [4.78, 5) is 25.1. The number of hydrogen-bond acceptors (Lipinski definition) is 3. The first-order chi connectivity index (χ1) is 11.5. The maximum atomic E-state index is 12.9. The molecule has 0 aromatic heterocycles. The molecule has 4 fully saturated rings. The number of Topliss-reactive ketones (excluding diaryl/α,β-unsaturated/α-hetero) is 1. The molecule has 3 nitrogen and oxygen atoms in total. The molecule has 0 aliphatic heterocycles. The molecule has 1 atom stereocenters. The second kappa shape index (κ2) is 6.39. The molecule has 4 aliphatic rings. The van der Waals surface area contributed by atoms with Gasteiger partial charge in [0, 0.05) is 5.41 Å². The predicted molar refractivity (Wildman–Crippen MR) is 99.0 cm³/mol. The third kappa shape index (κ3) is 3.95. The number of carbonyl (C=O) groups is 2. The van der Waals surface area contributed by atoms with E-state index in [9.17, 15) is 9.59 Å². The lowest BCUT2D eigenvalue weighted by Crippen LogP contribution is -2.49. The van der Waals surface area contributed by atoms with E-state index in [2.05, 4.69) is 20.8 Å². The van der Waals surface area contributed by atoms with Crippen molar-refractivity contribution in [3.63, 3.8) is 0 Å². The molecule has 0 heterocycles. The van der Waals surface area contributed by atoms with E-state index in [-0.39, 0.29) is 22.6 Å². The smallest absolute Gasteiger partial charge is 0.319 e. The van der Waals surface area contributed by atoms with Gasteiger partial charge in [-0.25, -0.2) is 0 Å². The normalized spacial score (nSPS) is 36.1. The Bertz CT molecular complexity index is 507. The van der Waals surface area contributed by atoms with Crippen LogP contribution in [0.25, 0.3) is 0 Å². The molecule has 0 N–H and O–H groups in total. The Morgan fingerprint density at radius 1 is 0.920 bits per heavy atom. The van der Waals surface area contributed by atoms with Crippen LogP contribution in [0, 0.1) is 34.0 Å². The average Bonchev–Trinajstić information content (AvgIpc) is 2.48. The second-order valence-corrected chi connectivity index (χ2v) is 10.9. The van der Waals surface area contributed by atoms with Crippen molar-refractivity contribution in [3.05, 3.63) is 0 Å². The van der Waals surface area contributed by atoms with Crippen molar-refractivity contribution in [2.75, 3.05) is 6.61 Å². The fourth-order valence-electron chi connectivity index (χ4n) is 5.89. The van der Waals surface area contributed by atoms with Gasteiger partial charge in [-0.15, -0.1) is 0 Å². The van der Waals surface area contributed by atoms with E-state index in [4.69, 9.17) is 4.74 Å². The Balaban J connectivity index is 1.63. The molecule has 4 bridgehead atoms. The van der Waals surface area contributed by atoms with E-state index in [1.54, 1.807) is 6.92 Å². The van der Waals surface area contributed by atoms with Crippen LogP contribution in [0.1, 0.15) is 86.0 Å². The summed E-state index contributed by atoms with van der Waals surface area (Å²) in [6, 6.07) is 0. The topological polar surface area (TPSA) is 43.4 Å². The fraction of sp³-hybridized carbons (Fsp3) is 0.909. The molecular formula is C22H36O3. The lowest BCUT2D eigenvalue weighted by atomic mass is 9.50. The van der Waals surface area contributed by atoms with Crippen molar-refractivity contribution >= 4 is 11.8 Å². The highest BCUT2D eigenvalue weighted by Crippen LogP contribution is 2.60. The van der Waals surface area contributed by atoms with Crippen LogP contribution in [0.3, 0.4) is 0 Å². The largest absolute Gasteiger partial charge is 0.464 e. The molecule has 25 heavy (non-hydrogen) atoms. The van der Waals surface area contributed by atoms with Gasteiger partial charge >= 0.3 is 5.97 Å². The van der Waals surface area contributed by atoms with Gasteiger partial charge in [0.25, 0.3) is 0 Å². The molecule has 0 spiro atoms. The molecule has 4 rings (SSSR count). The van der Waals surface area contributed by atoms with Crippen molar-refractivity contribution < 1.29 is 14.3 Å². The first kappa shape index (κ1) is 18.9. The monoisotopic (exact) mass is 348 g/mol. The summed E-state index contributed by atoms with van der Waals surface area (Å²) < 4.78 is 5.86. The fourth-order valence-corrected chi connectivity index (χ4v) is 5.89. The van der Waals surface area contributed by atoms with Crippen molar-refractivity contribution in [1.82, 2.24) is 0 Å². The first-order valence-electron chi connectivity index (χ1n) is 10.2. The zero-order valence-electron chi connectivity index (χ0n) is 16.8. The van der Waals surface area contributed by atoms with Crippen molar-refractivity contribution in [2.45, 2.75) is 86.0 Å². The van der Waals surface area contributed by atoms with E-state index in [0.717, 1.165) is 24.2 Å². The highest BCUT2D eigenvalue weighted by atomic mass is 16.5. The van der Waals surface area contributed by atoms with Gasteiger partial charge < -0.3 is 4.74 Å². The minimum Gasteiger partial charge on any atom is -0.464 e. The van der Waals surface area contributed by atoms with E-state index < -0.39 is 5.41 Å². The van der Waals surface area contributed by atoms with Gasteiger partial charge in [0.15, 0.2) is 0 Å². The summed E-state index contributed by atoms with van der Waals surface area (Å²) in [6.07, 6.45) is 9.28. The maximum absolute atomic E-state index is 12.9. The number of ether oxygens (including phenoxy) is 1. The van der Waals surface area contributed by atoms with E-state index >= 15 is 0 Å². The lowest BCUT2D eigenvalue weighted by molar-refractivity contribution is -0.169. The molecule has 3 heteroatoms. The highest BCUT2D eigenvalue weighted by Gasteiger charge is 2.52. The molecule has 142 valence electrons. The van der Waals surface area contributed by atoms with Crippen LogP contribution in [0.2, 0.25) is 0 Å². The zero-order valence-corrected chi connectivity index (χ0v) is 16.8. The van der Waals surface area contributed by atoms with E-state index in [1.807, 2.05) is 0 Å². The summed E-state index contributed by atoms with van der Waals surface area (Å²) >= 11 is 0. The summed E-state index contributed by atoms with van der Waals surface area (Å²) in [5, 5.41) is 0. The SMILES string of the molecule is CC(=O)C(C)(CCC(C)(C)C)C(=O)OCC12CC3CC(CC(C3)C1)C2. The molecule has 0 saturated heterocycles. The van der Waals surface area contributed by atoms with Crippen LogP contribution >= 0.6 is 0 Å². The molecular weight excluding hydrogens is 312 g/mol. The maximum Gasteiger partial charge on any atom is 0.319 e. The Labute approximate surface area is 153 Å². The number of carbonyl (C=O) groups excluding carboxylic acids is 2. The Morgan fingerprint density at radius 3 is 1.80 bits per heavy atom. The summed E-state index contributed by atoms with van der Waals surface area (Å²) in [6.45, 7) is 10.3. The van der Waals surface area contributed by atoms with Crippen LogP contribution in [-0.4, -0.2) is 18.4 Å². The highest BCUT2D eigenvalue weighted by molar-refractivity contribution is 6.02. The second-order valence-electron chi connectivity index (χ2n) is 10.9. The summed E-state index contributed by atoms with van der Waals surface area (Å²) in [7, 11) is 0. The molecule has 4 aliphatic carbocycles. The van der Waals surface area contributed by atoms with Crippen LogP contribution in [0.4, 0.5) is 0 Å². The number of ketones is 1. The molecule has 0 radical (unpaired) electrons. The average molecular weight is 349 g/mol. The first-order valence-corrected chi connectivity index (χ1v) is 10.2. The minimum atomic E-state index is -0.991. The zero-order chi connectivity index (χ0) is 18.5. The van der Waals surface area contributed by atoms with Crippen LogP contribution in [-0.2, 0) is 14.3 Å². The molecule has 4 saturated carbocycles. The standard InChI is InChI=1S/C22H36O3/c1-15(23)21(5,7-6-20(2,3)4)19(24)25-14-22-11-16-8-17(12-22)10-18(9-16)13-22/h16-18H,6-14H2,1-5H3. The number of hydrogen-bond donors (Lipinski definition) is 0. The quantitative estimate of drug-likeness (QED) is 0.491. The van der Waals surface area contributed by atoms with Gasteiger partial charge in [-0.05, 0) is 88.4 Å². The predicted octanol–water partition coefficient (Wildman–Crippen LogP) is 5.17. The van der Waals surface area contributed by atoms with Crippen LogP contribution in [0.15, 0.2) is 0 Å². The van der Waals surface area contributed by atoms with Crippen molar-refractivity contribution in [2.24, 2.45) is 34.0 Å². The van der Waals surface area contributed by atoms with Gasteiger partial charge in [-0.3, -0.25) is 9.59 Å². The van der Waals surface area contributed by atoms with Crippen molar-refractivity contribution in [3.8, 4) is 0 Å². The lowest BCUT2D eigenvalue weighted by Gasteiger charge is -2.56. The van der Waals surface area contributed by atoms with Crippen LogP contribution in [0.5, 0.6) is 0 Å². The summed E-state index contributed by atoms with van der Waals surface area (Å²) in [5.41, 5.74) is -0.668. The minimum absolute atomic E-state index is 0.0627. The van der Waals surface area contributed by atoms with Gasteiger partial charge in [0.2, 0.25) is 0 Å². The van der Waals surface area contributed by atoms with Gasteiger partial charge in [0.05, 0.1) is 6.61 Å². The summed E-state index contributed by atoms with van der Waals surface area (Å²) in [5.74, 6) is 2.20. The molecule has 1 unspecified atom stereocenters. The Morgan fingerprint density at radius 2 is 1.40 bits per heavy atom. The van der Waals surface area contributed by atoms with Crippen LogP contribution < -0.4 is 0 Å². The third-order valence-electron chi connectivity index (χ3n) is 7.28. The molecule has 0 aromatic rings. The van der Waals surface area contributed by atoms with Crippen molar-refractivity contribution in [1.29, 1.82) is 0 Å². The third-order valence-corrected chi connectivity index (χ3v) is 7.28. The number of rotatable bonds is 6. The van der Waals surface area contributed by atoms with Gasteiger partial charge in [-0.1, -0.05) is 20.8 Å². The number of esters is 1. The molecule has 0 aromatic carbocycles. The molecule has 0 amide bonds. The van der Waals surface area contributed by atoms with Gasteiger partial charge in [-0.2, -0.15) is 0 Å². The Hall–Kier alpha value is -0.860. The van der Waals surface area contributed by atoms with E-state index in [1.165, 1.54) is 45.4 Å². The Kier molecular flexibility index (Phi) is 4.83.